The van der Waals surface area contributed by atoms with Crippen LogP contribution in [0.3, 0.4) is 0 Å². The number of fused-ring (bicyclic) bond motifs is 1. The van der Waals surface area contributed by atoms with Crippen LogP contribution in [0.15, 0.2) is 60.8 Å². The number of rotatable bonds is 4. The highest BCUT2D eigenvalue weighted by Crippen LogP contribution is 2.33. The molecule has 1 fully saturated rings. The monoisotopic (exact) mass is 548 g/mol. The van der Waals surface area contributed by atoms with E-state index < -0.39 is 23.9 Å². The third-order valence-corrected chi connectivity index (χ3v) is 6.48. The van der Waals surface area contributed by atoms with Crippen molar-refractivity contribution in [1.82, 2.24) is 9.88 Å². The van der Waals surface area contributed by atoms with Gasteiger partial charge in [0, 0.05) is 44.0 Å². The second-order valence-electron chi connectivity index (χ2n) is 9.11. The zero-order valence-corrected chi connectivity index (χ0v) is 20.8. The highest BCUT2D eigenvalue weighted by Gasteiger charge is 2.28. The van der Waals surface area contributed by atoms with Gasteiger partial charge < -0.3 is 14.5 Å². The molecule has 0 atom stereocenters. The number of piperazine rings is 1. The predicted molar refractivity (Wildman–Crippen MR) is 138 cm³/mol. The third-order valence-electron chi connectivity index (χ3n) is 6.48. The summed E-state index contributed by atoms with van der Waals surface area (Å²) in [5, 5.41) is 8.93. The lowest BCUT2D eigenvalue weighted by molar-refractivity contribution is -0.0790. The van der Waals surface area contributed by atoms with Crippen LogP contribution < -0.4 is 4.90 Å². The topological polar surface area (TPSA) is 86.5 Å². The van der Waals surface area contributed by atoms with E-state index in [0.717, 1.165) is 12.1 Å². The largest absolute Gasteiger partial charge is 0.422 e. The summed E-state index contributed by atoms with van der Waals surface area (Å²) in [5.74, 6) is -1.13. The molecule has 3 aromatic rings. The van der Waals surface area contributed by atoms with Crippen LogP contribution in [0.5, 0.6) is 0 Å². The lowest BCUT2D eigenvalue weighted by Crippen LogP contribution is -2.49. The van der Waals surface area contributed by atoms with E-state index in [1.54, 1.807) is 12.1 Å². The molecular weight excluding hydrogens is 528 g/mol. The van der Waals surface area contributed by atoms with Gasteiger partial charge in [-0.1, -0.05) is 18.2 Å². The molecule has 3 heterocycles. The van der Waals surface area contributed by atoms with Crippen LogP contribution >= 0.6 is 0 Å². The van der Waals surface area contributed by atoms with Crippen molar-refractivity contribution in [3.8, 4) is 6.07 Å². The van der Waals surface area contributed by atoms with E-state index in [2.05, 4.69) is 4.98 Å². The highest BCUT2D eigenvalue weighted by molar-refractivity contribution is 6.06. The molecule has 0 unspecified atom stereocenters. The molecule has 1 aromatic heterocycles. The van der Waals surface area contributed by atoms with E-state index in [0.29, 0.717) is 48.7 Å². The number of nitriles is 1. The molecule has 40 heavy (non-hydrogen) atoms. The quantitative estimate of drug-likeness (QED) is 0.325. The number of hydrogen-bond donors (Lipinski definition) is 0. The van der Waals surface area contributed by atoms with Gasteiger partial charge in [-0.05, 0) is 53.6 Å². The molecule has 11 heteroatoms. The van der Waals surface area contributed by atoms with Gasteiger partial charge in [-0.25, -0.2) is 14.2 Å². The Hall–Kier alpha value is -4.98. The lowest BCUT2D eigenvalue weighted by atomic mass is 10.0. The maximum absolute atomic E-state index is 14.7. The van der Waals surface area contributed by atoms with Crippen molar-refractivity contribution in [3.05, 3.63) is 100 Å². The summed E-state index contributed by atoms with van der Waals surface area (Å²) in [6.45, 7) is 1.58. The number of aromatic nitrogens is 1. The molecule has 5 rings (SSSR count). The molecule has 0 spiro atoms. The summed E-state index contributed by atoms with van der Waals surface area (Å²) in [7, 11) is 0. The Morgan fingerprint density at radius 3 is 2.42 bits per heavy atom. The molecule has 2 aliphatic heterocycles. The number of esters is 1. The molecule has 2 aliphatic rings. The summed E-state index contributed by atoms with van der Waals surface area (Å²) in [4.78, 5) is 33.2. The van der Waals surface area contributed by atoms with Gasteiger partial charge in [-0.15, -0.1) is 0 Å². The van der Waals surface area contributed by atoms with E-state index in [1.807, 2.05) is 11.0 Å². The number of pyridine rings is 1. The van der Waals surface area contributed by atoms with E-state index in [9.17, 15) is 27.2 Å². The molecule has 0 radical (unpaired) electrons. The first-order valence-electron chi connectivity index (χ1n) is 12.2. The number of halogens is 4. The molecule has 0 saturated carbocycles. The lowest BCUT2D eigenvalue weighted by Gasteiger charge is -2.35. The fraction of sp³-hybridized carbons (Fsp3) is 0.172. The fourth-order valence-corrected chi connectivity index (χ4v) is 4.45. The van der Waals surface area contributed by atoms with Gasteiger partial charge in [-0.3, -0.25) is 4.79 Å². The molecule has 0 N–H and O–H groups in total. The molecular formula is C29H20F4N4O3. The summed E-state index contributed by atoms with van der Waals surface area (Å²) in [5.41, 5.74) is 1.34. The van der Waals surface area contributed by atoms with Crippen molar-refractivity contribution in [3.63, 3.8) is 0 Å². The number of anilines is 1. The number of cyclic esters (lactones) is 1. The maximum Gasteiger partial charge on any atom is 0.409 e. The molecule has 1 amide bonds. The number of alkyl halides is 3. The average Bonchev–Trinajstić information content (AvgIpc) is 3.26. The van der Waals surface area contributed by atoms with E-state index >= 15 is 0 Å². The fourth-order valence-electron chi connectivity index (χ4n) is 4.45. The minimum Gasteiger partial charge on any atom is -0.422 e. The van der Waals surface area contributed by atoms with Gasteiger partial charge in [0.1, 0.15) is 23.5 Å². The van der Waals surface area contributed by atoms with Crippen LogP contribution in [0.25, 0.3) is 17.9 Å². The van der Waals surface area contributed by atoms with Crippen LogP contribution in [0.2, 0.25) is 0 Å². The summed E-state index contributed by atoms with van der Waals surface area (Å²) in [6.07, 6.45) is -0.608. The van der Waals surface area contributed by atoms with Gasteiger partial charge in [0.05, 0.1) is 16.7 Å². The SMILES string of the molecule is N#Cc1ccc(N2CCN(C(=O)c3cc(C=C4OC(=O)c5ccc(/C=C\C(F)(F)F)cc54)ccc3F)CC2)nc1. The maximum atomic E-state index is 14.7. The molecule has 2 aromatic carbocycles. The zero-order valence-electron chi connectivity index (χ0n) is 20.8. The Morgan fingerprint density at radius 2 is 1.75 bits per heavy atom. The van der Waals surface area contributed by atoms with Crippen LogP contribution in [-0.2, 0) is 4.74 Å². The van der Waals surface area contributed by atoms with Crippen molar-refractivity contribution >= 4 is 35.6 Å². The normalized spacial score (nSPS) is 16.3. The first-order chi connectivity index (χ1) is 19.1. The first-order valence-corrected chi connectivity index (χ1v) is 12.2. The Morgan fingerprint density at radius 1 is 1.00 bits per heavy atom. The first kappa shape index (κ1) is 26.6. The predicted octanol–water partition coefficient (Wildman–Crippen LogP) is 5.30. The average molecular weight is 548 g/mol. The number of hydrogen-bond acceptors (Lipinski definition) is 6. The van der Waals surface area contributed by atoms with Crippen LogP contribution in [0, 0.1) is 17.1 Å². The van der Waals surface area contributed by atoms with E-state index in [-0.39, 0.29) is 28.5 Å². The van der Waals surface area contributed by atoms with Crippen molar-refractivity contribution in [2.45, 2.75) is 6.18 Å². The number of amides is 1. The zero-order chi connectivity index (χ0) is 28.4. The van der Waals surface area contributed by atoms with Crippen molar-refractivity contribution < 1.29 is 31.9 Å². The molecule has 202 valence electrons. The van der Waals surface area contributed by atoms with E-state index in [4.69, 9.17) is 10.00 Å². The Labute approximate surface area is 226 Å². The second-order valence-corrected chi connectivity index (χ2v) is 9.11. The number of carbonyl (C=O) groups is 2. The van der Waals surface area contributed by atoms with Gasteiger partial charge in [0.2, 0.25) is 0 Å². The number of nitrogens with zero attached hydrogens (tertiary/aromatic N) is 4. The van der Waals surface area contributed by atoms with Gasteiger partial charge in [0.15, 0.2) is 0 Å². The molecule has 0 aliphatic carbocycles. The van der Waals surface area contributed by atoms with Crippen molar-refractivity contribution in [1.29, 1.82) is 5.26 Å². The van der Waals surface area contributed by atoms with Crippen molar-refractivity contribution in [2.24, 2.45) is 0 Å². The second kappa shape index (κ2) is 10.6. The van der Waals surface area contributed by atoms with Gasteiger partial charge in [-0.2, -0.15) is 18.4 Å². The minimum absolute atomic E-state index is 0.0794. The summed E-state index contributed by atoms with van der Waals surface area (Å²) in [6, 6.07) is 13.4. The standard InChI is InChI=1S/C29H20F4N4O3/c30-24-5-2-19(15-25-22-13-18(7-8-29(31,32)33)1-4-21(22)28(39)40-25)14-23(24)27(38)37-11-9-36(10-12-37)26-6-3-20(16-34)17-35-26/h1-8,13-15,17H,9-12H2/b8-7-,25-15?. The Balaban J connectivity index is 1.34. The van der Waals surface area contributed by atoms with Gasteiger partial charge >= 0.3 is 12.1 Å². The van der Waals surface area contributed by atoms with E-state index in [1.165, 1.54) is 47.5 Å². The number of benzene rings is 2. The summed E-state index contributed by atoms with van der Waals surface area (Å²) < 4.78 is 57.8. The minimum atomic E-state index is -4.49. The molecule has 7 nitrogen and oxygen atoms in total. The Kier molecular flexibility index (Phi) is 7.09. The van der Waals surface area contributed by atoms with Crippen LogP contribution in [-0.4, -0.2) is 54.1 Å². The summed E-state index contributed by atoms with van der Waals surface area (Å²) >= 11 is 0. The smallest absolute Gasteiger partial charge is 0.409 e. The third kappa shape index (κ3) is 5.71. The Bertz CT molecular complexity index is 1580. The van der Waals surface area contributed by atoms with Crippen molar-refractivity contribution in [2.75, 3.05) is 31.1 Å². The molecule has 0 bridgehead atoms. The highest BCUT2D eigenvalue weighted by atomic mass is 19.4. The number of ether oxygens (including phenoxy) is 1. The van der Waals surface area contributed by atoms with Crippen LogP contribution in [0.4, 0.5) is 23.4 Å². The van der Waals surface area contributed by atoms with Gasteiger partial charge in [0.25, 0.3) is 5.91 Å². The number of allylic oxidation sites excluding steroid dienone is 1. The van der Waals surface area contributed by atoms with Crippen LogP contribution in [0.1, 0.15) is 43.0 Å². The number of carbonyl (C=O) groups excluding carboxylic acids is 2. The molecule has 1 saturated heterocycles.